The molecule has 1 atom stereocenters. The summed E-state index contributed by atoms with van der Waals surface area (Å²) in [5, 5.41) is 2.65. The lowest BCUT2D eigenvalue weighted by Gasteiger charge is -2.14. The van der Waals surface area contributed by atoms with E-state index < -0.39 is 23.3 Å². The molecule has 9 heteroatoms. The molecule has 2 rings (SSSR count). The van der Waals surface area contributed by atoms with Crippen molar-refractivity contribution in [1.82, 2.24) is 9.55 Å². The van der Waals surface area contributed by atoms with Gasteiger partial charge in [0.1, 0.15) is 17.2 Å². The van der Waals surface area contributed by atoms with E-state index in [2.05, 4.69) is 15.0 Å². The third kappa shape index (κ3) is 3.78. The Balaban J connectivity index is 2.50. The van der Waals surface area contributed by atoms with E-state index in [0.29, 0.717) is 3.57 Å². The van der Waals surface area contributed by atoms with Gasteiger partial charge in [-0.05, 0) is 47.7 Å². The molecule has 1 N–H and O–H groups in total. The van der Waals surface area contributed by atoms with Crippen LogP contribution in [0.5, 0.6) is 0 Å². The summed E-state index contributed by atoms with van der Waals surface area (Å²) in [7, 11) is 1.42. The number of hydrogen-bond acceptors (Lipinski definition) is 6. The lowest BCUT2D eigenvalue weighted by atomic mass is 10.1. The maximum atomic E-state index is 14.0. The molecule has 24 heavy (non-hydrogen) atoms. The van der Waals surface area contributed by atoms with Gasteiger partial charge in [0.05, 0.1) is 12.0 Å². The predicted molar refractivity (Wildman–Crippen MR) is 92.8 cm³/mol. The van der Waals surface area contributed by atoms with Crippen molar-refractivity contribution in [2.45, 2.75) is 13.0 Å². The van der Waals surface area contributed by atoms with Crippen LogP contribution < -0.4 is 10.9 Å². The molecule has 1 heterocycles. The third-order valence-corrected chi connectivity index (χ3v) is 3.86. The molecule has 0 saturated carbocycles. The van der Waals surface area contributed by atoms with Gasteiger partial charge < -0.3 is 14.6 Å². The number of hydrogen-bond donors (Lipinski definition) is 1. The maximum absolute atomic E-state index is 14.0. The van der Waals surface area contributed by atoms with Gasteiger partial charge in [0, 0.05) is 10.6 Å². The average molecular weight is 445 g/mol. The Morgan fingerprint density at radius 2 is 2.21 bits per heavy atom. The van der Waals surface area contributed by atoms with Gasteiger partial charge in [-0.3, -0.25) is 14.4 Å². The van der Waals surface area contributed by atoms with Crippen molar-refractivity contribution in [3.05, 3.63) is 49.8 Å². The highest BCUT2D eigenvalue weighted by atomic mass is 127. The first kappa shape index (κ1) is 18.0. The first-order chi connectivity index (χ1) is 11.3. The molecule has 0 saturated heterocycles. The Morgan fingerprint density at radius 3 is 2.83 bits per heavy atom. The van der Waals surface area contributed by atoms with E-state index in [0.717, 1.165) is 4.57 Å². The molecule has 0 aliphatic carbocycles. The highest BCUT2D eigenvalue weighted by Crippen LogP contribution is 2.22. The number of benzene rings is 1. The van der Waals surface area contributed by atoms with Crippen LogP contribution in [0.25, 0.3) is 0 Å². The van der Waals surface area contributed by atoms with Gasteiger partial charge in [-0.15, -0.1) is 0 Å². The van der Waals surface area contributed by atoms with E-state index in [4.69, 9.17) is 0 Å². The van der Waals surface area contributed by atoms with Gasteiger partial charge in [0.25, 0.3) is 12.0 Å². The zero-order valence-electron chi connectivity index (χ0n) is 12.7. The number of halogens is 2. The fourth-order valence-corrected chi connectivity index (χ4v) is 2.38. The van der Waals surface area contributed by atoms with Gasteiger partial charge in [0.2, 0.25) is 5.78 Å². The molecule has 1 aromatic heterocycles. The van der Waals surface area contributed by atoms with Crippen molar-refractivity contribution in [1.29, 1.82) is 0 Å². The smallest absolute Gasteiger partial charge is 0.293 e. The van der Waals surface area contributed by atoms with E-state index in [1.807, 2.05) is 22.6 Å². The third-order valence-electron chi connectivity index (χ3n) is 3.19. The molecule has 2 aromatic rings. The zero-order valence-corrected chi connectivity index (χ0v) is 14.9. The summed E-state index contributed by atoms with van der Waals surface area (Å²) in [5.41, 5.74) is -0.883. The van der Waals surface area contributed by atoms with Crippen LogP contribution in [0.2, 0.25) is 0 Å². The molecular formula is C15H13FIN3O4. The van der Waals surface area contributed by atoms with Crippen molar-refractivity contribution in [2.24, 2.45) is 7.05 Å². The fraction of sp³-hybridized carbons (Fsp3) is 0.200. The van der Waals surface area contributed by atoms with Gasteiger partial charge in [0.15, 0.2) is 6.10 Å². The van der Waals surface area contributed by atoms with E-state index in [-0.39, 0.29) is 23.5 Å². The number of anilines is 2. The quantitative estimate of drug-likeness (QED) is 0.416. The molecule has 7 nitrogen and oxygen atoms in total. The summed E-state index contributed by atoms with van der Waals surface area (Å²) in [6.45, 7) is 1.45. The topological polar surface area (TPSA) is 90.3 Å². The van der Waals surface area contributed by atoms with Gasteiger partial charge in [-0.25, -0.2) is 9.37 Å². The average Bonchev–Trinajstić information content (AvgIpc) is 2.53. The molecule has 0 bridgehead atoms. The molecule has 0 fully saturated rings. The largest absolute Gasteiger partial charge is 0.456 e. The number of ketones is 1. The van der Waals surface area contributed by atoms with Crippen LogP contribution in [0.4, 0.5) is 15.9 Å². The monoisotopic (exact) mass is 445 g/mol. The van der Waals surface area contributed by atoms with Crippen LogP contribution in [-0.2, 0) is 16.6 Å². The Bertz CT molecular complexity index is 853. The lowest BCUT2D eigenvalue weighted by Crippen LogP contribution is -2.32. The highest BCUT2D eigenvalue weighted by Gasteiger charge is 2.25. The van der Waals surface area contributed by atoms with E-state index in [1.54, 1.807) is 6.07 Å². The van der Waals surface area contributed by atoms with Crippen molar-refractivity contribution in [2.75, 3.05) is 5.32 Å². The Morgan fingerprint density at radius 1 is 1.50 bits per heavy atom. The summed E-state index contributed by atoms with van der Waals surface area (Å²) in [6.07, 6.45) is 0.0404. The summed E-state index contributed by atoms with van der Waals surface area (Å²) in [6, 6.07) is 4.42. The second kappa shape index (κ2) is 7.51. The predicted octanol–water partition coefficient (Wildman–Crippen LogP) is 2.01. The van der Waals surface area contributed by atoms with Crippen LogP contribution in [0, 0.1) is 9.39 Å². The lowest BCUT2D eigenvalue weighted by molar-refractivity contribution is -0.131. The fourth-order valence-electron chi connectivity index (χ4n) is 1.92. The molecule has 1 unspecified atom stereocenters. The minimum atomic E-state index is -1.17. The highest BCUT2D eigenvalue weighted by molar-refractivity contribution is 14.1. The molecular weight excluding hydrogens is 432 g/mol. The molecule has 0 aliphatic heterocycles. The Labute approximate surface area is 150 Å². The summed E-state index contributed by atoms with van der Waals surface area (Å²) in [5.74, 6) is -1.39. The number of nitrogens with one attached hydrogen (secondary N) is 1. The van der Waals surface area contributed by atoms with Crippen LogP contribution in [0.15, 0.2) is 29.3 Å². The summed E-state index contributed by atoms with van der Waals surface area (Å²) >= 11 is 1.96. The first-order valence-corrected chi connectivity index (χ1v) is 7.84. The number of Topliss-reactive ketones (excluding diaryl/α,β-unsaturated/α-hetero) is 1. The Kier molecular flexibility index (Phi) is 5.65. The number of nitrogens with zero attached hydrogens (tertiary/aromatic N) is 2. The molecule has 0 radical (unpaired) electrons. The van der Waals surface area contributed by atoms with Crippen LogP contribution in [0.3, 0.4) is 0 Å². The number of rotatable bonds is 6. The minimum Gasteiger partial charge on any atom is -0.456 e. The van der Waals surface area contributed by atoms with E-state index in [1.165, 1.54) is 32.4 Å². The van der Waals surface area contributed by atoms with Gasteiger partial charge in [-0.1, -0.05) is 0 Å². The van der Waals surface area contributed by atoms with Crippen LogP contribution in [-0.4, -0.2) is 27.9 Å². The summed E-state index contributed by atoms with van der Waals surface area (Å²) in [4.78, 5) is 39.1. The van der Waals surface area contributed by atoms with Crippen molar-refractivity contribution in [3.63, 3.8) is 0 Å². The number of carbonyl (C=O) groups is 2. The second-order valence-corrected chi connectivity index (χ2v) is 6.12. The van der Waals surface area contributed by atoms with Crippen LogP contribution in [0.1, 0.15) is 17.3 Å². The minimum absolute atomic E-state index is 0.0641. The van der Waals surface area contributed by atoms with E-state index in [9.17, 15) is 18.8 Å². The molecule has 0 amide bonds. The maximum Gasteiger partial charge on any atom is 0.293 e. The molecule has 0 aliphatic rings. The van der Waals surface area contributed by atoms with Gasteiger partial charge in [-0.2, -0.15) is 0 Å². The summed E-state index contributed by atoms with van der Waals surface area (Å²) < 4.78 is 20.4. The van der Waals surface area contributed by atoms with Crippen molar-refractivity contribution < 1.29 is 18.7 Å². The first-order valence-electron chi connectivity index (χ1n) is 6.76. The number of carbonyl (C=O) groups excluding carboxylic acids is 2. The molecule has 0 spiro atoms. The Hall–Kier alpha value is -2.30. The number of aryl methyl sites for hydroxylation is 1. The van der Waals surface area contributed by atoms with Gasteiger partial charge >= 0.3 is 0 Å². The normalized spacial score (nSPS) is 11.7. The number of aromatic nitrogens is 2. The van der Waals surface area contributed by atoms with Crippen molar-refractivity contribution in [3.8, 4) is 0 Å². The zero-order chi connectivity index (χ0) is 17.9. The molecule has 1 aromatic carbocycles. The van der Waals surface area contributed by atoms with Crippen molar-refractivity contribution >= 4 is 46.4 Å². The SMILES string of the molecule is CC(OC=O)C(=O)c1c(Nc2ccc(I)cc2F)ncn(C)c1=O. The van der Waals surface area contributed by atoms with Crippen LogP contribution >= 0.6 is 22.6 Å². The number of ether oxygens (including phenoxy) is 1. The second-order valence-electron chi connectivity index (χ2n) is 4.87. The standard InChI is InChI=1S/C15H13FIN3O4/c1-8(24-7-21)13(22)12-14(18-6-20(2)15(12)23)19-11-4-3-9(17)5-10(11)16/h3-8,19H,1-2H3. The molecule has 126 valence electrons. The van der Waals surface area contributed by atoms with E-state index >= 15 is 0 Å².